The molecule has 0 saturated carbocycles. The number of benzene rings is 2. The van der Waals surface area contributed by atoms with Gasteiger partial charge in [-0.2, -0.15) is 0 Å². The maximum Gasteiger partial charge on any atom is 0.380 e. The Morgan fingerprint density at radius 2 is 1.72 bits per heavy atom. The molecule has 3 aromatic rings. The summed E-state index contributed by atoms with van der Waals surface area (Å²) < 4.78 is 16.0. The SMILES string of the molecule is O=C(Oc1ccc([N+](=O)[O-])cc1)c1occc1COc1ccccc1. The number of nitro groups is 1. The number of esters is 1. The number of ether oxygens (including phenoxy) is 2. The van der Waals surface area contributed by atoms with Crippen LogP contribution in [0.4, 0.5) is 5.69 Å². The van der Waals surface area contributed by atoms with Crippen LogP contribution in [-0.2, 0) is 6.61 Å². The largest absolute Gasteiger partial charge is 0.489 e. The van der Waals surface area contributed by atoms with Gasteiger partial charge in [0.25, 0.3) is 5.69 Å². The summed E-state index contributed by atoms with van der Waals surface area (Å²) in [4.78, 5) is 22.3. The van der Waals surface area contributed by atoms with E-state index < -0.39 is 10.9 Å². The summed E-state index contributed by atoms with van der Waals surface area (Å²) in [5.41, 5.74) is 0.450. The summed E-state index contributed by atoms with van der Waals surface area (Å²) in [6.07, 6.45) is 1.37. The Kier molecular flexibility index (Phi) is 4.75. The van der Waals surface area contributed by atoms with Gasteiger partial charge in [-0.1, -0.05) is 18.2 Å². The van der Waals surface area contributed by atoms with Crippen molar-refractivity contribution in [2.45, 2.75) is 6.61 Å². The van der Waals surface area contributed by atoms with Gasteiger partial charge in [0.05, 0.1) is 11.2 Å². The van der Waals surface area contributed by atoms with Crippen molar-refractivity contribution in [3.8, 4) is 11.5 Å². The molecule has 1 heterocycles. The molecular weight excluding hydrogens is 326 g/mol. The summed E-state index contributed by atoms with van der Waals surface area (Å²) >= 11 is 0. The Labute approximate surface area is 142 Å². The predicted molar refractivity (Wildman–Crippen MR) is 87.5 cm³/mol. The first kappa shape index (κ1) is 16.3. The molecule has 0 fully saturated rings. The normalized spacial score (nSPS) is 10.2. The van der Waals surface area contributed by atoms with Crippen LogP contribution in [0, 0.1) is 10.1 Å². The van der Waals surface area contributed by atoms with Gasteiger partial charge < -0.3 is 13.9 Å². The van der Waals surface area contributed by atoms with Crippen LogP contribution < -0.4 is 9.47 Å². The molecule has 0 radical (unpaired) electrons. The third-order valence-electron chi connectivity index (χ3n) is 3.33. The highest BCUT2D eigenvalue weighted by Crippen LogP contribution is 2.21. The molecule has 0 aliphatic carbocycles. The number of furan rings is 1. The molecule has 0 aliphatic heterocycles. The lowest BCUT2D eigenvalue weighted by Gasteiger charge is -2.06. The first-order chi connectivity index (χ1) is 12.1. The first-order valence-corrected chi connectivity index (χ1v) is 7.34. The van der Waals surface area contributed by atoms with Gasteiger partial charge >= 0.3 is 5.97 Å². The van der Waals surface area contributed by atoms with Crippen LogP contribution >= 0.6 is 0 Å². The van der Waals surface area contributed by atoms with Crippen molar-refractivity contribution in [2.75, 3.05) is 0 Å². The zero-order valence-corrected chi connectivity index (χ0v) is 13.0. The molecule has 0 bridgehead atoms. The molecule has 0 unspecified atom stereocenters. The number of nitro benzene ring substituents is 1. The minimum absolute atomic E-state index is 0.0225. The lowest BCUT2D eigenvalue weighted by Crippen LogP contribution is -2.11. The molecular formula is C18H13NO6. The molecule has 0 amide bonds. The maximum atomic E-state index is 12.2. The van der Waals surface area contributed by atoms with Crippen LogP contribution in [0.25, 0.3) is 0 Å². The smallest absolute Gasteiger partial charge is 0.380 e. The second kappa shape index (κ2) is 7.31. The van der Waals surface area contributed by atoms with E-state index in [2.05, 4.69) is 0 Å². The van der Waals surface area contributed by atoms with Gasteiger partial charge in [0, 0.05) is 17.7 Å². The van der Waals surface area contributed by atoms with Crippen LogP contribution in [0.2, 0.25) is 0 Å². The quantitative estimate of drug-likeness (QED) is 0.292. The summed E-state index contributed by atoms with van der Waals surface area (Å²) in [5, 5.41) is 10.6. The Hall–Kier alpha value is -3.61. The van der Waals surface area contributed by atoms with Crippen molar-refractivity contribution in [1.82, 2.24) is 0 Å². The summed E-state index contributed by atoms with van der Waals surface area (Å²) in [7, 11) is 0. The monoisotopic (exact) mass is 339 g/mol. The fraction of sp³-hybridized carbons (Fsp3) is 0.0556. The van der Waals surface area contributed by atoms with Crippen LogP contribution in [0.5, 0.6) is 11.5 Å². The van der Waals surface area contributed by atoms with Crippen molar-refractivity contribution < 1.29 is 23.6 Å². The number of rotatable bonds is 6. The minimum atomic E-state index is -0.703. The molecule has 1 aromatic heterocycles. The Balaban J connectivity index is 1.66. The van der Waals surface area contributed by atoms with Gasteiger partial charge in [-0.25, -0.2) is 4.79 Å². The fourth-order valence-electron chi connectivity index (χ4n) is 2.10. The van der Waals surface area contributed by atoms with E-state index in [-0.39, 0.29) is 23.8 Å². The maximum absolute atomic E-state index is 12.2. The molecule has 0 N–H and O–H groups in total. The molecule has 0 saturated heterocycles. The zero-order chi connectivity index (χ0) is 17.6. The van der Waals surface area contributed by atoms with Gasteiger partial charge in [-0.05, 0) is 30.3 Å². The standard InChI is InChI=1S/C18H13NO6/c20-18(25-16-8-6-14(7-9-16)19(21)22)17-13(10-11-23-17)12-24-15-4-2-1-3-5-15/h1-11H,12H2. The van der Waals surface area contributed by atoms with Gasteiger partial charge in [0.15, 0.2) is 0 Å². The van der Waals surface area contributed by atoms with E-state index >= 15 is 0 Å². The van der Waals surface area contributed by atoms with E-state index in [1.165, 1.54) is 30.5 Å². The van der Waals surface area contributed by atoms with Gasteiger partial charge in [-0.15, -0.1) is 0 Å². The highest BCUT2D eigenvalue weighted by Gasteiger charge is 2.19. The van der Waals surface area contributed by atoms with Gasteiger partial charge in [0.1, 0.15) is 18.1 Å². The lowest BCUT2D eigenvalue weighted by molar-refractivity contribution is -0.384. The van der Waals surface area contributed by atoms with E-state index in [9.17, 15) is 14.9 Å². The highest BCUT2D eigenvalue weighted by atomic mass is 16.6. The molecule has 0 spiro atoms. The van der Waals surface area contributed by atoms with E-state index in [0.29, 0.717) is 11.3 Å². The molecule has 7 heteroatoms. The average molecular weight is 339 g/mol. The molecule has 7 nitrogen and oxygen atoms in total. The van der Waals surface area contributed by atoms with Crippen molar-refractivity contribution >= 4 is 11.7 Å². The highest BCUT2D eigenvalue weighted by molar-refractivity contribution is 5.89. The summed E-state index contributed by atoms with van der Waals surface area (Å²) in [6.45, 7) is 0.144. The van der Waals surface area contributed by atoms with Crippen molar-refractivity contribution in [3.63, 3.8) is 0 Å². The van der Waals surface area contributed by atoms with E-state index in [1.807, 2.05) is 18.2 Å². The van der Waals surface area contributed by atoms with Crippen molar-refractivity contribution in [1.29, 1.82) is 0 Å². The Morgan fingerprint density at radius 3 is 2.40 bits per heavy atom. The number of hydrogen-bond acceptors (Lipinski definition) is 6. The number of nitrogens with zero attached hydrogens (tertiary/aromatic N) is 1. The van der Waals surface area contributed by atoms with Crippen molar-refractivity contribution in [2.24, 2.45) is 0 Å². The number of hydrogen-bond donors (Lipinski definition) is 0. The number of para-hydroxylation sites is 1. The second-order valence-electron chi connectivity index (χ2n) is 5.02. The van der Waals surface area contributed by atoms with Crippen LogP contribution in [-0.4, -0.2) is 10.9 Å². The van der Waals surface area contributed by atoms with E-state index in [0.717, 1.165) is 0 Å². The van der Waals surface area contributed by atoms with Crippen LogP contribution in [0.3, 0.4) is 0 Å². The summed E-state index contributed by atoms with van der Waals surface area (Å²) in [5.74, 6) is 0.167. The Bertz CT molecular complexity index is 870. The molecule has 0 aliphatic rings. The number of carbonyl (C=O) groups is 1. The van der Waals surface area contributed by atoms with Crippen molar-refractivity contribution in [3.05, 3.63) is 88.4 Å². The van der Waals surface area contributed by atoms with E-state index in [1.54, 1.807) is 18.2 Å². The Morgan fingerprint density at radius 1 is 1.00 bits per heavy atom. The van der Waals surface area contributed by atoms with Gasteiger partial charge in [0.2, 0.25) is 5.76 Å². The minimum Gasteiger partial charge on any atom is -0.489 e. The third kappa shape index (κ3) is 4.03. The van der Waals surface area contributed by atoms with Gasteiger partial charge in [-0.3, -0.25) is 10.1 Å². The van der Waals surface area contributed by atoms with Crippen LogP contribution in [0.15, 0.2) is 71.3 Å². The molecule has 0 atom stereocenters. The topological polar surface area (TPSA) is 91.8 Å². The zero-order valence-electron chi connectivity index (χ0n) is 13.0. The molecule has 2 aromatic carbocycles. The fourth-order valence-corrected chi connectivity index (χ4v) is 2.10. The molecule has 3 rings (SSSR count). The number of non-ortho nitro benzene ring substituents is 1. The molecule has 126 valence electrons. The third-order valence-corrected chi connectivity index (χ3v) is 3.33. The second-order valence-corrected chi connectivity index (χ2v) is 5.02. The lowest BCUT2D eigenvalue weighted by atomic mass is 10.2. The summed E-state index contributed by atoms with van der Waals surface area (Å²) in [6, 6.07) is 16.0. The van der Waals surface area contributed by atoms with Crippen LogP contribution in [0.1, 0.15) is 16.1 Å². The predicted octanol–water partition coefficient (Wildman–Crippen LogP) is 3.99. The average Bonchev–Trinajstić information content (AvgIpc) is 3.10. The molecule has 25 heavy (non-hydrogen) atoms. The first-order valence-electron chi connectivity index (χ1n) is 7.34. The van der Waals surface area contributed by atoms with E-state index in [4.69, 9.17) is 13.9 Å². The number of carbonyl (C=O) groups excluding carboxylic acids is 1.